The lowest BCUT2D eigenvalue weighted by molar-refractivity contribution is -0.123. The number of benzene rings is 1. The fourth-order valence-electron chi connectivity index (χ4n) is 2.07. The number of halogens is 1. The number of hydrogen-bond donors (Lipinski definition) is 2. The maximum absolute atomic E-state index is 12.2. The molecule has 0 saturated carbocycles. The smallest absolute Gasteiger partial charge is 0.231 e. The summed E-state index contributed by atoms with van der Waals surface area (Å²) in [5.41, 5.74) is 1.39. The highest BCUT2D eigenvalue weighted by Gasteiger charge is 2.36. The Hall–Kier alpha value is -1.06. The highest BCUT2D eigenvalue weighted by molar-refractivity contribution is 6.34. The maximum Gasteiger partial charge on any atom is 0.231 e. The summed E-state index contributed by atoms with van der Waals surface area (Å²) in [5.74, 6) is 0.0405. The van der Waals surface area contributed by atoms with Crippen molar-refractivity contribution >= 4 is 23.2 Å². The summed E-state index contributed by atoms with van der Waals surface area (Å²) in [5, 5.41) is 6.76. The predicted octanol–water partition coefficient (Wildman–Crippen LogP) is 2.59. The zero-order valence-corrected chi connectivity index (χ0v) is 10.9. The van der Waals surface area contributed by atoms with E-state index in [0.717, 1.165) is 30.8 Å². The van der Waals surface area contributed by atoms with Crippen LogP contribution in [0, 0.1) is 12.3 Å². The molecule has 0 aromatic heterocycles. The Bertz CT molecular complexity index is 419. The normalized spacial score (nSPS) is 23.7. The van der Waals surface area contributed by atoms with Crippen LogP contribution in [0.1, 0.15) is 18.9 Å². The summed E-state index contributed by atoms with van der Waals surface area (Å²) in [6, 6.07) is 5.61. The summed E-state index contributed by atoms with van der Waals surface area (Å²) in [4.78, 5) is 12.2. The van der Waals surface area contributed by atoms with Gasteiger partial charge in [0.15, 0.2) is 0 Å². The minimum Gasteiger partial charge on any atom is -0.324 e. The molecule has 0 aliphatic carbocycles. The van der Waals surface area contributed by atoms with Gasteiger partial charge in [0.25, 0.3) is 0 Å². The molecule has 1 aromatic carbocycles. The van der Waals surface area contributed by atoms with E-state index in [0.29, 0.717) is 5.02 Å². The van der Waals surface area contributed by atoms with Crippen LogP contribution in [-0.2, 0) is 4.79 Å². The molecule has 3 nitrogen and oxygen atoms in total. The number of amides is 1. The van der Waals surface area contributed by atoms with Gasteiger partial charge in [0, 0.05) is 6.54 Å². The van der Waals surface area contributed by atoms with Gasteiger partial charge in [-0.25, -0.2) is 0 Å². The van der Waals surface area contributed by atoms with Gasteiger partial charge in [-0.05, 0) is 38.4 Å². The third-order valence-corrected chi connectivity index (χ3v) is 3.69. The van der Waals surface area contributed by atoms with Crippen molar-refractivity contribution < 1.29 is 4.79 Å². The van der Waals surface area contributed by atoms with Crippen LogP contribution in [0.3, 0.4) is 0 Å². The van der Waals surface area contributed by atoms with Crippen LogP contribution in [0.2, 0.25) is 5.02 Å². The Labute approximate surface area is 107 Å². The molecule has 1 atom stereocenters. The third-order valence-electron chi connectivity index (χ3n) is 3.38. The Morgan fingerprint density at radius 2 is 2.29 bits per heavy atom. The van der Waals surface area contributed by atoms with Gasteiger partial charge in [0.2, 0.25) is 5.91 Å². The van der Waals surface area contributed by atoms with E-state index in [2.05, 4.69) is 10.6 Å². The van der Waals surface area contributed by atoms with Crippen molar-refractivity contribution in [1.29, 1.82) is 0 Å². The van der Waals surface area contributed by atoms with Crippen molar-refractivity contribution in [3.63, 3.8) is 0 Å². The monoisotopic (exact) mass is 252 g/mol. The first-order chi connectivity index (χ1) is 8.03. The van der Waals surface area contributed by atoms with E-state index in [4.69, 9.17) is 11.6 Å². The number of hydrogen-bond acceptors (Lipinski definition) is 2. The highest BCUT2D eigenvalue weighted by Crippen LogP contribution is 2.30. The van der Waals surface area contributed by atoms with Crippen LogP contribution in [0.5, 0.6) is 0 Å². The molecule has 2 rings (SSSR count). The zero-order valence-electron chi connectivity index (χ0n) is 10.1. The van der Waals surface area contributed by atoms with Crippen molar-refractivity contribution in [2.75, 3.05) is 18.4 Å². The summed E-state index contributed by atoms with van der Waals surface area (Å²) >= 11 is 6.10. The molecule has 0 spiro atoms. The highest BCUT2D eigenvalue weighted by atomic mass is 35.5. The predicted molar refractivity (Wildman–Crippen MR) is 70.4 cm³/mol. The molecule has 1 aliphatic heterocycles. The maximum atomic E-state index is 12.2. The second-order valence-corrected chi connectivity index (χ2v) is 5.28. The van der Waals surface area contributed by atoms with Gasteiger partial charge in [-0.2, -0.15) is 0 Å². The molecule has 1 saturated heterocycles. The Balaban J connectivity index is 2.18. The van der Waals surface area contributed by atoms with Crippen molar-refractivity contribution in [3.05, 3.63) is 28.8 Å². The zero-order chi connectivity index (χ0) is 12.5. The summed E-state index contributed by atoms with van der Waals surface area (Å²) in [6.07, 6.45) is 0.863. The van der Waals surface area contributed by atoms with Gasteiger partial charge in [0.1, 0.15) is 0 Å². The minimum absolute atomic E-state index is 0.0405. The molecular formula is C13H17ClN2O. The fourth-order valence-corrected chi connectivity index (χ4v) is 2.33. The molecule has 1 amide bonds. The lowest BCUT2D eigenvalue weighted by atomic mass is 9.88. The van der Waals surface area contributed by atoms with E-state index in [9.17, 15) is 4.79 Å². The van der Waals surface area contributed by atoms with Crippen LogP contribution >= 0.6 is 11.6 Å². The molecule has 4 heteroatoms. The van der Waals surface area contributed by atoms with E-state index in [1.54, 1.807) is 6.07 Å². The van der Waals surface area contributed by atoms with E-state index in [1.807, 2.05) is 26.0 Å². The van der Waals surface area contributed by atoms with Gasteiger partial charge in [-0.15, -0.1) is 0 Å². The van der Waals surface area contributed by atoms with E-state index in [-0.39, 0.29) is 11.3 Å². The van der Waals surface area contributed by atoms with Gasteiger partial charge in [-0.1, -0.05) is 23.7 Å². The fraction of sp³-hybridized carbons (Fsp3) is 0.462. The molecule has 0 bridgehead atoms. The minimum atomic E-state index is -0.328. The summed E-state index contributed by atoms with van der Waals surface area (Å²) in [6.45, 7) is 5.54. The van der Waals surface area contributed by atoms with Crippen molar-refractivity contribution in [2.24, 2.45) is 5.41 Å². The van der Waals surface area contributed by atoms with Gasteiger partial charge < -0.3 is 10.6 Å². The molecule has 1 fully saturated rings. The molecule has 1 aliphatic rings. The molecule has 1 aromatic rings. The number of para-hydroxylation sites is 1. The van der Waals surface area contributed by atoms with Crippen molar-refractivity contribution in [2.45, 2.75) is 20.3 Å². The van der Waals surface area contributed by atoms with Crippen LogP contribution in [0.25, 0.3) is 0 Å². The Kier molecular flexibility index (Phi) is 3.40. The molecule has 1 unspecified atom stereocenters. The summed E-state index contributed by atoms with van der Waals surface area (Å²) < 4.78 is 0. The Morgan fingerprint density at radius 3 is 2.88 bits per heavy atom. The lowest BCUT2D eigenvalue weighted by Crippen LogP contribution is -2.35. The van der Waals surface area contributed by atoms with Crippen LogP contribution in [-0.4, -0.2) is 19.0 Å². The number of carbonyl (C=O) groups excluding carboxylic acids is 1. The van der Waals surface area contributed by atoms with Crippen LogP contribution in [0.15, 0.2) is 18.2 Å². The standard InChI is InChI=1S/C13H17ClN2O/c1-9-4-3-5-10(14)11(9)16-12(17)13(2)6-7-15-8-13/h3-5,15H,6-8H2,1-2H3,(H,16,17). The largest absolute Gasteiger partial charge is 0.324 e. The van der Waals surface area contributed by atoms with E-state index in [1.165, 1.54) is 0 Å². The number of anilines is 1. The third kappa shape index (κ3) is 2.45. The molecule has 2 N–H and O–H groups in total. The SMILES string of the molecule is Cc1cccc(Cl)c1NC(=O)C1(C)CCNC1. The first-order valence-corrected chi connectivity index (χ1v) is 6.18. The van der Waals surface area contributed by atoms with Crippen LogP contribution < -0.4 is 10.6 Å². The average Bonchev–Trinajstić information content (AvgIpc) is 2.72. The first-order valence-electron chi connectivity index (χ1n) is 5.80. The average molecular weight is 253 g/mol. The van der Waals surface area contributed by atoms with Gasteiger partial charge >= 0.3 is 0 Å². The first kappa shape index (κ1) is 12.4. The van der Waals surface area contributed by atoms with Gasteiger partial charge in [0.05, 0.1) is 16.1 Å². The molecular weight excluding hydrogens is 236 g/mol. The van der Waals surface area contributed by atoms with E-state index >= 15 is 0 Å². The van der Waals surface area contributed by atoms with E-state index < -0.39 is 0 Å². The molecule has 17 heavy (non-hydrogen) atoms. The Morgan fingerprint density at radius 1 is 1.53 bits per heavy atom. The summed E-state index contributed by atoms with van der Waals surface area (Å²) in [7, 11) is 0. The number of aryl methyl sites for hydroxylation is 1. The lowest BCUT2D eigenvalue weighted by Gasteiger charge is -2.22. The number of nitrogens with one attached hydrogen (secondary N) is 2. The second-order valence-electron chi connectivity index (χ2n) is 4.87. The molecule has 0 radical (unpaired) electrons. The number of rotatable bonds is 2. The van der Waals surface area contributed by atoms with Crippen molar-refractivity contribution in [1.82, 2.24) is 5.32 Å². The quantitative estimate of drug-likeness (QED) is 0.850. The molecule has 92 valence electrons. The van der Waals surface area contributed by atoms with Crippen LogP contribution in [0.4, 0.5) is 5.69 Å². The van der Waals surface area contributed by atoms with Crippen molar-refractivity contribution in [3.8, 4) is 0 Å². The second kappa shape index (κ2) is 4.67. The molecule has 1 heterocycles. The number of carbonyl (C=O) groups is 1. The topological polar surface area (TPSA) is 41.1 Å². The van der Waals surface area contributed by atoms with Gasteiger partial charge in [-0.3, -0.25) is 4.79 Å².